The quantitative estimate of drug-likeness (QED) is 0.380. The number of amidine groups is 1. The van der Waals surface area contributed by atoms with Crippen molar-refractivity contribution in [3.8, 4) is 0 Å². The summed E-state index contributed by atoms with van der Waals surface area (Å²) in [4.78, 5) is 21.4. The molecule has 0 aliphatic carbocycles. The van der Waals surface area contributed by atoms with E-state index >= 15 is 0 Å². The maximum Gasteiger partial charge on any atom is 0.265 e. The van der Waals surface area contributed by atoms with E-state index in [2.05, 4.69) is 22.4 Å². The number of benzene rings is 2. The molecule has 0 bridgehead atoms. The first-order chi connectivity index (χ1) is 12.6. The fourth-order valence-corrected chi connectivity index (χ4v) is 3.36. The number of para-hydroxylation sites is 1. The average Bonchev–Trinajstić information content (AvgIpc) is 3.04. The van der Waals surface area contributed by atoms with Gasteiger partial charge in [-0.1, -0.05) is 36.3 Å². The molecule has 0 radical (unpaired) electrons. The van der Waals surface area contributed by atoms with E-state index in [0.29, 0.717) is 6.42 Å². The second kappa shape index (κ2) is 8.44. The topological polar surface area (TPSA) is 89.6 Å². The average molecular weight is 368 g/mol. The zero-order chi connectivity index (χ0) is 18.4. The summed E-state index contributed by atoms with van der Waals surface area (Å²) in [6, 6.07) is 15.6. The highest BCUT2D eigenvalue weighted by molar-refractivity contribution is 7.18. The zero-order valence-electron chi connectivity index (χ0n) is 14.4. The molecule has 26 heavy (non-hydrogen) atoms. The van der Waals surface area contributed by atoms with Gasteiger partial charge in [0.2, 0.25) is 0 Å². The van der Waals surface area contributed by atoms with Crippen LogP contribution in [0, 0.1) is 0 Å². The summed E-state index contributed by atoms with van der Waals surface area (Å²) in [5, 5.41) is 7.41. The van der Waals surface area contributed by atoms with Gasteiger partial charge in [-0.05, 0) is 36.2 Å². The number of fused-ring (bicyclic) bond motifs is 1. The molecule has 0 aliphatic heterocycles. The van der Waals surface area contributed by atoms with Crippen molar-refractivity contribution < 1.29 is 9.63 Å². The largest absolute Gasteiger partial charge is 0.384 e. The number of amides is 1. The molecule has 1 amide bonds. The van der Waals surface area contributed by atoms with Gasteiger partial charge in [0.15, 0.2) is 6.61 Å². The van der Waals surface area contributed by atoms with E-state index in [1.807, 2.05) is 48.5 Å². The first kappa shape index (κ1) is 17.9. The fourth-order valence-electron chi connectivity index (χ4n) is 2.38. The van der Waals surface area contributed by atoms with Gasteiger partial charge in [-0.2, -0.15) is 0 Å². The molecule has 0 spiro atoms. The third-order valence-corrected chi connectivity index (χ3v) is 4.73. The maximum absolute atomic E-state index is 11.9. The molecule has 0 atom stereocenters. The Labute approximate surface area is 155 Å². The van der Waals surface area contributed by atoms with Crippen LogP contribution in [0.5, 0.6) is 0 Å². The number of anilines is 1. The number of carbonyl (C=O) groups excluding carboxylic acids is 1. The van der Waals surface area contributed by atoms with E-state index in [-0.39, 0.29) is 18.3 Å². The minimum atomic E-state index is -0.286. The van der Waals surface area contributed by atoms with E-state index < -0.39 is 0 Å². The Morgan fingerprint density at radius 1 is 1.23 bits per heavy atom. The number of aryl methyl sites for hydroxylation is 1. The first-order valence-corrected chi connectivity index (χ1v) is 9.13. The molecule has 0 saturated carbocycles. The Bertz CT molecular complexity index is 886. The van der Waals surface area contributed by atoms with Gasteiger partial charge in [0.25, 0.3) is 5.91 Å². The Hall–Kier alpha value is -2.93. The summed E-state index contributed by atoms with van der Waals surface area (Å²) in [6.07, 6.45) is 1.35. The lowest BCUT2D eigenvalue weighted by Gasteiger charge is -2.05. The van der Waals surface area contributed by atoms with Crippen LogP contribution in [-0.4, -0.2) is 23.3 Å². The van der Waals surface area contributed by atoms with E-state index in [0.717, 1.165) is 27.3 Å². The number of hydrogen-bond acceptors (Lipinski definition) is 5. The summed E-state index contributed by atoms with van der Waals surface area (Å²) < 4.78 is 1.10. The van der Waals surface area contributed by atoms with Crippen molar-refractivity contribution in [3.63, 3.8) is 0 Å². The number of nitrogens with two attached hydrogens (primary N) is 1. The van der Waals surface area contributed by atoms with Gasteiger partial charge in [-0.15, -0.1) is 11.3 Å². The molecule has 134 valence electrons. The standard InChI is InChI=1S/C19H20N4O2S/c1-2-13-7-9-14(10-8-13)21-18(24)12-25-23-17(20)11-19-22-15-5-3-4-6-16(15)26-19/h3-10H,2,11-12H2,1H3,(H2,20,23)(H,21,24). The summed E-state index contributed by atoms with van der Waals surface area (Å²) in [6.45, 7) is 1.88. The molecule has 0 unspecified atom stereocenters. The van der Waals surface area contributed by atoms with E-state index in [1.54, 1.807) is 11.3 Å². The smallest absolute Gasteiger partial charge is 0.265 e. The zero-order valence-corrected chi connectivity index (χ0v) is 15.3. The van der Waals surface area contributed by atoms with Crippen molar-refractivity contribution in [1.82, 2.24) is 4.98 Å². The normalized spacial score (nSPS) is 11.5. The van der Waals surface area contributed by atoms with E-state index in [4.69, 9.17) is 10.6 Å². The van der Waals surface area contributed by atoms with Crippen LogP contribution in [0.2, 0.25) is 0 Å². The third-order valence-electron chi connectivity index (χ3n) is 3.69. The van der Waals surface area contributed by atoms with Gasteiger partial charge in [-0.3, -0.25) is 4.79 Å². The minimum Gasteiger partial charge on any atom is -0.384 e. The highest BCUT2D eigenvalue weighted by atomic mass is 32.1. The first-order valence-electron chi connectivity index (χ1n) is 8.31. The molecule has 0 aliphatic rings. The van der Waals surface area contributed by atoms with Crippen LogP contribution in [0.15, 0.2) is 53.7 Å². The SMILES string of the molecule is CCc1ccc(NC(=O)CO/N=C(\N)Cc2nc3ccccc3s2)cc1. The van der Waals surface area contributed by atoms with Gasteiger partial charge >= 0.3 is 0 Å². The summed E-state index contributed by atoms with van der Waals surface area (Å²) in [7, 11) is 0. The predicted octanol–water partition coefficient (Wildman–Crippen LogP) is 3.33. The number of thiazole rings is 1. The highest BCUT2D eigenvalue weighted by Crippen LogP contribution is 2.21. The number of aromatic nitrogens is 1. The van der Waals surface area contributed by atoms with Crippen LogP contribution in [0.25, 0.3) is 10.2 Å². The Balaban J connectivity index is 1.48. The molecule has 3 N–H and O–H groups in total. The van der Waals surface area contributed by atoms with Crippen molar-refractivity contribution in [2.24, 2.45) is 10.9 Å². The van der Waals surface area contributed by atoms with Crippen LogP contribution in [-0.2, 0) is 22.5 Å². The predicted molar refractivity (Wildman–Crippen MR) is 105 cm³/mol. The Kier molecular flexibility index (Phi) is 5.80. The summed E-state index contributed by atoms with van der Waals surface area (Å²) >= 11 is 1.56. The molecule has 7 heteroatoms. The third kappa shape index (κ3) is 4.80. The lowest BCUT2D eigenvalue weighted by Crippen LogP contribution is -2.20. The lowest BCUT2D eigenvalue weighted by atomic mass is 10.1. The molecule has 0 fully saturated rings. The van der Waals surface area contributed by atoms with Crippen molar-refractivity contribution in [2.75, 3.05) is 11.9 Å². The summed E-state index contributed by atoms with van der Waals surface area (Å²) in [5.74, 6) is -0.00468. The van der Waals surface area contributed by atoms with Crippen molar-refractivity contribution in [3.05, 3.63) is 59.1 Å². The minimum absolute atomic E-state index is 0.198. The maximum atomic E-state index is 11.9. The van der Waals surface area contributed by atoms with E-state index in [9.17, 15) is 4.79 Å². The number of rotatable bonds is 7. The molecular weight excluding hydrogens is 348 g/mol. The second-order valence-corrected chi connectivity index (χ2v) is 6.82. The molecule has 6 nitrogen and oxygen atoms in total. The van der Waals surface area contributed by atoms with Crippen molar-refractivity contribution in [2.45, 2.75) is 19.8 Å². The lowest BCUT2D eigenvalue weighted by molar-refractivity contribution is -0.120. The molecule has 1 heterocycles. The number of carbonyl (C=O) groups is 1. The molecule has 0 saturated heterocycles. The van der Waals surface area contributed by atoms with Gasteiger partial charge in [0, 0.05) is 5.69 Å². The van der Waals surface area contributed by atoms with Crippen molar-refractivity contribution >= 4 is 39.0 Å². The Morgan fingerprint density at radius 3 is 2.73 bits per heavy atom. The number of hydrogen-bond donors (Lipinski definition) is 2. The van der Waals surface area contributed by atoms with Crippen LogP contribution < -0.4 is 11.1 Å². The van der Waals surface area contributed by atoms with E-state index in [1.165, 1.54) is 5.56 Å². The summed E-state index contributed by atoms with van der Waals surface area (Å²) in [5.41, 5.74) is 8.74. The Morgan fingerprint density at radius 2 is 2.00 bits per heavy atom. The number of oxime groups is 1. The molecule has 1 aromatic heterocycles. The molecule has 2 aromatic carbocycles. The fraction of sp³-hybridized carbons (Fsp3) is 0.211. The van der Waals surface area contributed by atoms with Crippen LogP contribution in [0.3, 0.4) is 0 Å². The number of nitrogens with zero attached hydrogens (tertiary/aromatic N) is 2. The van der Waals surface area contributed by atoms with Crippen molar-refractivity contribution in [1.29, 1.82) is 0 Å². The van der Waals surface area contributed by atoms with Gasteiger partial charge in [-0.25, -0.2) is 4.98 Å². The molecular formula is C19H20N4O2S. The monoisotopic (exact) mass is 368 g/mol. The molecule has 3 rings (SSSR count). The van der Waals surface area contributed by atoms with Gasteiger partial charge in [0.1, 0.15) is 10.8 Å². The highest BCUT2D eigenvalue weighted by Gasteiger charge is 2.07. The van der Waals surface area contributed by atoms with Crippen LogP contribution >= 0.6 is 11.3 Å². The second-order valence-electron chi connectivity index (χ2n) is 5.71. The van der Waals surface area contributed by atoms with Crippen LogP contribution in [0.4, 0.5) is 5.69 Å². The van der Waals surface area contributed by atoms with Gasteiger partial charge < -0.3 is 15.9 Å². The van der Waals surface area contributed by atoms with Gasteiger partial charge in [0.05, 0.1) is 16.6 Å². The number of nitrogens with one attached hydrogen (secondary N) is 1. The molecule has 3 aromatic rings. The van der Waals surface area contributed by atoms with Crippen LogP contribution in [0.1, 0.15) is 17.5 Å².